The van der Waals surface area contributed by atoms with Gasteiger partial charge in [0.2, 0.25) is 0 Å². The van der Waals surface area contributed by atoms with Crippen molar-refractivity contribution in [2.24, 2.45) is 5.41 Å². The fourth-order valence-corrected chi connectivity index (χ4v) is 4.58. The van der Waals surface area contributed by atoms with Gasteiger partial charge in [0.1, 0.15) is 0 Å². The van der Waals surface area contributed by atoms with Crippen molar-refractivity contribution in [1.29, 1.82) is 0 Å². The summed E-state index contributed by atoms with van der Waals surface area (Å²) in [6.45, 7) is 16.6. The van der Waals surface area contributed by atoms with Crippen LogP contribution in [0.15, 0.2) is 47.6 Å². The van der Waals surface area contributed by atoms with Gasteiger partial charge in [0.25, 0.3) is 0 Å². The quantitative estimate of drug-likeness (QED) is 0.673. The number of benzene rings is 1. The van der Waals surface area contributed by atoms with E-state index in [9.17, 15) is 4.79 Å². The molecule has 4 nitrogen and oxygen atoms in total. The lowest BCUT2D eigenvalue weighted by Crippen LogP contribution is -2.47. The molecule has 158 valence electrons. The number of allylic oxidation sites excluding steroid dienone is 2. The third-order valence-electron chi connectivity index (χ3n) is 6.43. The van der Waals surface area contributed by atoms with Gasteiger partial charge in [-0.2, -0.15) is 0 Å². The monoisotopic (exact) mass is 396 g/mol. The molecule has 0 aromatic heterocycles. The van der Waals surface area contributed by atoms with Crippen molar-refractivity contribution < 1.29 is 9.90 Å². The molecule has 29 heavy (non-hydrogen) atoms. The Hall–Kier alpha value is -2.07. The lowest BCUT2D eigenvalue weighted by atomic mass is 9.72. The second-order valence-corrected chi connectivity index (χ2v) is 9.39. The second-order valence-electron chi connectivity index (χ2n) is 9.39. The van der Waals surface area contributed by atoms with Crippen LogP contribution in [0.4, 0.5) is 5.69 Å². The van der Waals surface area contributed by atoms with Gasteiger partial charge in [0.15, 0.2) is 0 Å². The van der Waals surface area contributed by atoms with Crippen LogP contribution in [0.3, 0.4) is 0 Å². The van der Waals surface area contributed by atoms with Crippen LogP contribution < -0.4 is 4.90 Å². The Balaban J connectivity index is 1.62. The summed E-state index contributed by atoms with van der Waals surface area (Å²) in [7, 11) is 0. The molecule has 4 heteroatoms. The number of hydrogen-bond donors (Lipinski definition) is 1. The molecule has 1 aromatic carbocycles. The van der Waals surface area contributed by atoms with Crippen molar-refractivity contribution in [3.63, 3.8) is 0 Å². The van der Waals surface area contributed by atoms with Crippen molar-refractivity contribution in [2.45, 2.75) is 52.9 Å². The highest BCUT2D eigenvalue weighted by Crippen LogP contribution is 2.42. The first-order valence-corrected chi connectivity index (χ1v) is 11.0. The highest BCUT2D eigenvalue weighted by molar-refractivity contribution is 5.88. The van der Waals surface area contributed by atoms with Gasteiger partial charge in [-0.05, 0) is 60.9 Å². The minimum Gasteiger partial charge on any atom is -0.478 e. The minimum absolute atomic E-state index is 0.347. The maximum Gasteiger partial charge on any atom is 0.335 e. The predicted molar refractivity (Wildman–Crippen MR) is 121 cm³/mol. The van der Waals surface area contributed by atoms with Gasteiger partial charge in [0.05, 0.1) is 5.56 Å². The van der Waals surface area contributed by atoms with E-state index in [0.717, 1.165) is 57.7 Å². The topological polar surface area (TPSA) is 43.8 Å². The molecule has 1 saturated heterocycles. The molecule has 1 aromatic rings. The SMILES string of the molecule is C=C(CCC)C1=C(CN2CCN(c3ccc(C(=O)O)cc3)CC2)CCC(C)(C)C1. The molecule has 3 rings (SSSR count). The molecule has 1 fully saturated rings. The smallest absolute Gasteiger partial charge is 0.335 e. The molecular weight excluding hydrogens is 360 g/mol. The van der Waals surface area contributed by atoms with Crippen molar-refractivity contribution in [3.05, 3.63) is 53.1 Å². The van der Waals surface area contributed by atoms with Crippen LogP contribution in [-0.2, 0) is 0 Å². The van der Waals surface area contributed by atoms with Crippen molar-refractivity contribution >= 4 is 11.7 Å². The Bertz CT molecular complexity index is 769. The Labute approximate surface area is 175 Å². The molecule has 1 N–H and O–H groups in total. The summed E-state index contributed by atoms with van der Waals surface area (Å²) in [5.74, 6) is -0.870. The fourth-order valence-electron chi connectivity index (χ4n) is 4.58. The van der Waals surface area contributed by atoms with Gasteiger partial charge in [-0.25, -0.2) is 4.79 Å². The molecule has 0 saturated carbocycles. The summed E-state index contributed by atoms with van der Waals surface area (Å²) in [6.07, 6.45) is 5.89. The summed E-state index contributed by atoms with van der Waals surface area (Å²) in [6, 6.07) is 7.25. The molecule has 1 aliphatic carbocycles. The third kappa shape index (κ3) is 5.51. The first-order valence-electron chi connectivity index (χ1n) is 11.0. The van der Waals surface area contributed by atoms with E-state index in [0.29, 0.717) is 11.0 Å². The zero-order chi connectivity index (χ0) is 21.0. The summed E-state index contributed by atoms with van der Waals surface area (Å²) in [5.41, 5.74) is 6.37. The Kier molecular flexibility index (Phi) is 6.84. The van der Waals surface area contributed by atoms with Crippen LogP contribution in [-0.4, -0.2) is 48.7 Å². The highest BCUT2D eigenvalue weighted by Gasteiger charge is 2.29. The van der Waals surface area contributed by atoms with Crippen LogP contribution >= 0.6 is 0 Å². The predicted octanol–water partition coefficient (Wildman–Crippen LogP) is 5.37. The average Bonchev–Trinajstić information content (AvgIpc) is 2.70. The van der Waals surface area contributed by atoms with E-state index in [-0.39, 0.29) is 0 Å². The van der Waals surface area contributed by atoms with Crippen LogP contribution in [0.25, 0.3) is 0 Å². The number of aromatic carboxylic acids is 1. The standard InChI is InChI=1S/C25H36N2O2/c1-5-6-19(2)23-17-25(3,4)12-11-21(23)18-26-13-15-27(16-14-26)22-9-7-20(8-10-22)24(28)29/h7-10H,2,5-6,11-18H2,1,3-4H3,(H,28,29). The first kappa shape index (κ1) is 21.6. The maximum absolute atomic E-state index is 11.0. The van der Waals surface area contributed by atoms with Gasteiger partial charge in [-0.1, -0.05) is 44.9 Å². The molecule has 0 unspecified atom stereocenters. The van der Waals surface area contributed by atoms with E-state index in [4.69, 9.17) is 5.11 Å². The average molecular weight is 397 g/mol. The molecule has 0 amide bonds. The van der Waals surface area contributed by atoms with Crippen LogP contribution in [0, 0.1) is 5.41 Å². The molecule has 0 radical (unpaired) electrons. The lowest BCUT2D eigenvalue weighted by Gasteiger charge is -2.39. The van der Waals surface area contributed by atoms with E-state index in [2.05, 4.69) is 37.1 Å². The van der Waals surface area contributed by atoms with Crippen molar-refractivity contribution in [3.8, 4) is 0 Å². The van der Waals surface area contributed by atoms with E-state index in [1.807, 2.05) is 12.1 Å². The number of anilines is 1. The van der Waals surface area contributed by atoms with Gasteiger partial charge in [-0.15, -0.1) is 0 Å². The molecule has 0 bridgehead atoms. The van der Waals surface area contributed by atoms with Gasteiger partial charge in [-0.3, -0.25) is 4.90 Å². The Morgan fingerprint density at radius 3 is 2.38 bits per heavy atom. The number of piperazine rings is 1. The first-order chi connectivity index (χ1) is 13.8. The molecule has 2 aliphatic rings. The summed E-state index contributed by atoms with van der Waals surface area (Å²) in [4.78, 5) is 16.0. The second kappa shape index (κ2) is 9.17. The number of rotatable bonds is 7. The summed E-state index contributed by atoms with van der Waals surface area (Å²) < 4.78 is 0. The Morgan fingerprint density at radius 2 is 1.79 bits per heavy atom. The van der Waals surface area contributed by atoms with Gasteiger partial charge in [0, 0.05) is 38.4 Å². The fraction of sp³-hybridized carbons (Fsp3) is 0.560. The molecule has 0 atom stereocenters. The third-order valence-corrected chi connectivity index (χ3v) is 6.43. The van der Waals surface area contributed by atoms with E-state index < -0.39 is 5.97 Å². The highest BCUT2D eigenvalue weighted by atomic mass is 16.4. The van der Waals surface area contributed by atoms with Crippen molar-refractivity contribution in [2.75, 3.05) is 37.6 Å². The number of carbonyl (C=O) groups is 1. The summed E-state index contributed by atoms with van der Waals surface area (Å²) >= 11 is 0. The normalized spacial score (nSPS) is 20.0. The molecule has 1 aliphatic heterocycles. The molecular formula is C25H36N2O2. The largest absolute Gasteiger partial charge is 0.478 e. The van der Waals surface area contributed by atoms with E-state index in [1.54, 1.807) is 23.3 Å². The summed E-state index contributed by atoms with van der Waals surface area (Å²) in [5, 5.41) is 9.07. The number of nitrogens with zero attached hydrogens (tertiary/aromatic N) is 2. The Morgan fingerprint density at radius 1 is 1.14 bits per heavy atom. The van der Waals surface area contributed by atoms with Crippen LogP contribution in [0.1, 0.15) is 63.2 Å². The molecule has 1 heterocycles. The van der Waals surface area contributed by atoms with Crippen LogP contribution in [0.5, 0.6) is 0 Å². The number of carboxylic acids is 1. The van der Waals surface area contributed by atoms with E-state index in [1.165, 1.54) is 18.4 Å². The zero-order valence-electron chi connectivity index (χ0n) is 18.3. The molecule has 0 spiro atoms. The van der Waals surface area contributed by atoms with Gasteiger partial charge >= 0.3 is 5.97 Å². The number of hydrogen-bond acceptors (Lipinski definition) is 3. The van der Waals surface area contributed by atoms with Gasteiger partial charge < -0.3 is 10.0 Å². The maximum atomic E-state index is 11.0. The zero-order valence-corrected chi connectivity index (χ0v) is 18.3. The van der Waals surface area contributed by atoms with E-state index >= 15 is 0 Å². The van der Waals surface area contributed by atoms with Crippen LogP contribution in [0.2, 0.25) is 0 Å². The number of carboxylic acid groups (broad SMARTS) is 1. The lowest BCUT2D eigenvalue weighted by molar-refractivity contribution is 0.0697. The van der Waals surface area contributed by atoms with Crippen molar-refractivity contribution in [1.82, 2.24) is 4.90 Å². The minimum atomic E-state index is -0.870.